The Morgan fingerprint density at radius 3 is 2.21 bits per heavy atom. The molecule has 0 fully saturated rings. The van der Waals surface area contributed by atoms with Gasteiger partial charge in [-0.05, 0) is 30.7 Å². The molecule has 1 heterocycles. The van der Waals surface area contributed by atoms with Crippen molar-refractivity contribution >= 4 is 28.7 Å². The molecule has 0 aliphatic carbocycles. The van der Waals surface area contributed by atoms with E-state index in [9.17, 15) is 18.0 Å². The van der Waals surface area contributed by atoms with E-state index in [2.05, 4.69) is 0 Å². The second kappa shape index (κ2) is 4.98. The first kappa shape index (κ1) is 14.1. The largest absolute Gasteiger partial charge is 0.416 e. The Bertz CT molecular complexity index is 614. The van der Waals surface area contributed by atoms with Gasteiger partial charge in [0.15, 0.2) is 5.78 Å². The molecule has 6 heteroatoms. The van der Waals surface area contributed by atoms with Crippen LogP contribution in [0.15, 0.2) is 30.3 Å². The fraction of sp³-hybridized carbons (Fsp3) is 0.154. The van der Waals surface area contributed by atoms with Crippen molar-refractivity contribution in [3.05, 3.63) is 45.8 Å². The molecular formula is C13H8ClF3OS. The number of carbonyl (C=O) groups excluding carboxylic acids is 1. The van der Waals surface area contributed by atoms with Crippen molar-refractivity contribution in [3.8, 4) is 10.4 Å². The number of rotatable bonds is 2. The summed E-state index contributed by atoms with van der Waals surface area (Å²) in [6.07, 6.45) is -4.36. The highest BCUT2D eigenvalue weighted by Crippen LogP contribution is 2.38. The number of benzene rings is 1. The topological polar surface area (TPSA) is 17.1 Å². The number of halogens is 4. The van der Waals surface area contributed by atoms with E-state index in [1.165, 1.54) is 36.5 Å². The monoisotopic (exact) mass is 304 g/mol. The lowest BCUT2D eigenvalue weighted by atomic mass is 10.1. The average Bonchev–Trinajstić information content (AvgIpc) is 2.70. The van der Waals surface area contributed by atoms with Gasteiger partial charge in [-0.25, -0.2) is 0 Å². The number of Topliss-reactive ketones (excluding diaryl/α,β-unsaturated/α-hetero) is 1. The van der Waals surface area contributed by atoms with E-state index in [1.807, 2.05) is 0 Å². The summed E-state index contributed by atoms with van der Waals surface area (Å²) in [6.45, 7) is 1.42. The molecule has 0 unspecified atom stereocenters. The molecule has 0 atom stereocenters. The first-order valence-corrected chi connectivity index (χ1v) is 6.46. The molecule has 0 aliphatic heterocycles. The van der Waals surface area contributed by atoms with Gasteiger partial charge < -0.3 is 0 Å². The van der Waals surface area contributed by atoms with Gasteiger partial charge in [-0.1, -0.05) is 23.7 Å². The summed E-state index contributed by atoms with van der Waals surface area (Å²) in [5.74, 6) is -0.120. The van der Waals surface area contributed by atoms with Crippen molar-refractivity contribution in [1.29, 1.82) is 0 Å². The number of hydrogen-bond donors (Lipinski definition) is 0. The molecule has 2 aromatic rings. The third kappa shape index (κ3) is 2.98. The predicted octanol–water partition coefficient (Wildman–Crippen LogP) is 5.29. The van der Waals surface area contributed by atoms with Gasteiger partial charge in [0, 0.05) is 0 Å². The minimum Gasteiger partial charge on any atom is -0.294 e. The second-order valence-corrected chi connectivity index (χ2v) is 5.38. The summed E-state index contributed by atoms with van der Waals surface area (Å²) < 4.78 is 37.3. The lowest BCUT2D eigenvalue weighted by Crippen LogP contribution is -2.03. The molecule has 2 rings (SSSR count). The fourth-order valence-electron chi connectivity index (χ4n) is 1.55. The van der Waals surface area contributed by atoms with E-state index in [4.69, 9.17) is 11.6 Å². The van der Waals surface area contributed by atoms with Gasteiger partial charge in [-0.3, -0.25) is 4.79 Å². The van der Waals surface area contributed by atoms with Crippen LogP contribution in [0.3, 0.4) is 0 Å². The summed E-state index contributed by atoms with van der Waals surface area (Å²) in [5, 5.41) is 0.370. The number of ketones is 1. The third-order valence-electron chi connectivity index (χ3n) is 2.51. The van der Waals surface area contributed by atoms with Crippen molar-refractivity contribution in [3.63, 3.8) is 0 Å². The standard InChI is InChI=1S/C13H8ClF3OS/c1-7(18)11-6-10(14)12(19-11)8-2-4-9(5-3-8)13(15,16)17/h2-6H,1H3. The van der Waals surface area contributed by atoms with E-state index in [1.54, 1.807) is 0 Å². The van der Waals surface area contributed by atoms with Crippen molar-refractivity contribution in [2.24, 2.45) is 0 Å². The molecule has 0 aliphatic rings. The quantitative estimate of drug-likeness (QED) is 0.689. The molecule has 0 bridgehead atoms. The zero-order valence-electron chi connectivity index (χ0n) is 9.72. The molecule has 1 nitrogen and oxygen atoms in total. The van der Waals surface area contributed by atoms with E-state index >= 15 is 0 Å². The molecule has 0 saturated carbocycles. The first-order valence-electron chi connectivity index (χ1n) is 5.27. The van der Waals surface area contributed by atoms with Crippen LogP contribution in [0.25, 0.3) is 10.4 Å². The van der Waals surface area contributed by atoms with Crippen molar-refractivity contribution in [1.82, 2.24) is 0 Å². The lowest BCUT2D eigenvalue weighted by Gasteiger charge is -2.06. The Morgan fingerprint density at radius 1 is 1.21 bits per heavy atom. The Hall–Kier alpha value is -1.33. The Balaban J connectivity index is 2.40. The fourth-order valence-corrected chi connectivity index (χ4v) is 2.90. The van der Waals surface area contributed by atoms with Gasteiger partial charge in [0.05, 0.1) is 20.3 Å². The number of carbonyl (C=O) groups is 1. The van der Waals surface area contributed by atoms with Crippen LogP contribution in [-0.2, 0) is 6.18 Å². The zero-order chi connectivity index (χ0) is 14.2. The SMILES string of the molecule is CC(=O)c1cc(Cl)c(-c2ccc(C(F)(F)F)cc2)s1. The van der Waals surface area contributed by atoms with Crippen molar-refractivity contribution in [2.75, 3.05) is 0 Å². The Morgan fingerprint density at radius 2 is 1.79 bits per heavy atom. The molecule has 0 spiro atoms. The highest BCUT2D eigenvalue weighted by atomic mass is 35.5. The van der Waals surface area contributed by atoms with Crippen LogP contribution >= 0.6 is 22.9 Å². The third-order valence-corrected chi connectivity index (χ3v) is 4.20. The lowest BCUT2D eigenvalue weighted by molar-refractivity contribution is -0.137. The summed E-state index contributed by atoms with van der Waals surface area (Å²) in [4.78, 5) is 12.3. The number of thiophene rings is 1. The van der Waals surface area contributed by atoms with E-state index in [-0.39, 0.29) is 5.78 Å². The second-order valence-electron chi connectivity index (χ2n) is 3.92. The molecule has 0 radical (unpaired) electrons. The van der Waals surface area contributed by atoms with Crippen LogP contribution in [0, 0.1) is 0 Å². The van der Waals surface area contributed by atoms with E-state index in [0.717, 1.165) is 12.1 Å². The molecule has 19 heavy (non-hydrogen) atoms. The van der Waals surface area contributed by atoms with Gasteiger partial charge in [-0.15, -0.1) is 11.3 Å². The summed E-state index contributed by atoms with van der Waals surface area (Å²) in [6, 6.07) is 6.23. The van der Waals surface area contributed by atoms with Crippen LogP contribution in [-0.4, -0.2) is 5.78 Å². The zero-order valence-corrected chi connectivity index (χ0v) is 11.3. The first-order chi connectivity index (χ1) is 8.79. The normalized spacial score (nSPS) is 11.6. The maximum absolute atomic E-state index is 12.4. The smallest absolute Gasteiger partial charge is 0.294 e. The molecular weight excluding hydrogens is 297 g/mol. The van der Waals surface area contributed by atoms with Crippen LogP contribution in [0.1, 0.15) is 22.2 Å². The van der Waals surface area contributed by atoms with Gasteiger partial charge >= 0.3 is 6.18 Å². The van der Waals surface area contributed by atoms with Gasteiger partial charge in [0.2, 0.25) is 0 Å². The Kier molecular flexibility index (Phi) is 3.69. The summed E-state index contributed by atoms with van der Waals surface area (Å²) >= 11 is 7.16. The van der Waals surface area contributed by atoms with E-state index in [0.29, 0.717) is 20.3 Å². The van der Waals surface area contributed by atoms with Gasteiger partial charge in [0.25, 0.3) is 0 Å². The molecule has 0 saturated heterocycles. The van der Waals surface area contributed by atoms with Crippen LogP contribution in [0.2, 0.25) is 5.02 Å². The molecule has 1 aromatic heterocycles. The number of alkyl halides is 3. The highest BCUT2D eigenvalue weighted by molar-refractivity contribution is 7.18. The molecule has 1 aromatic carbocycles. The van der Waals surface area contributed by atoms with Crippen molar-refractivity contribution in [2.45, 2.75) is 13.1 Å². The van der Waals surface area contributed by atoms with Crippen LogP contribution in [0.5, 0.6) is 0 Å². The number of hydrogen-bond acceptors (Lipinski definition) is 2. The summed E-state index contributed by atoms with van der Waals surface area (Å²) in [7, 11) is 0. The minimum atomic E-state index is -4.36. The predicted molar refractivity (Wildman–Crippen MR) is 69.8 cm³/mol. The van der Waals surface area contributed by atoms with Crippen molar-refractivity contribution < 1.29 is 18.0 Å². The van der Waals surface area contributed by atoms with Crippen LogP contribution < -0.4 is 0 Å². The maximum Gasteiger partial charge on any atom is 0.416 e. The van der Waals surface area contributed by atoms with Crippen LogP contribution in [0.4, 0.5) is 13.2 Å². The minimum absolute atomic E-state index is 0.120. The maximum atomic E-state index is 12.4. The van der Waals surface area contributed by atoms with Gasteiger partial charge in [-0.2, -0.15) is 13.2 Å². The van der Waals surface area contributed by atoms with Gasteiger partial charge in [0.1, 0.15) is 0 Å². The summed E-state index contributed by atoms with van der Waals surface area (Å²) in [5.41, 5.74) is -0.147. The highest BCUT2D eigenvalue weighted by Gasteiger charge is 2.30. The molecule has 100 valence electrons. The average molecular weight is 305 g/mol. The van der Waals surface area contributed by atoms with E-state index < -0.39 is 11.7 Å². The molecule has 0 N–H and O–H groups in total. The Labute approximate surface area is 116 Å². The molecule has 0 amide bonds.